The number of benzene rings is 1. The normalized spacial score (nSPS) is 9.62. The van der Waals surface area contributed by atoms with Crippen LogP contribution in [-0.4, -0.2) is 22.6 Å². The van der Waals surface area contributed by atoms with E-state index in [-0.39, 0.29) is 17.6 Å². The van der Waals surface area contributed by atoms with Gasteiger partial charge in [0, 0.05) is 29.7 Å². The number of rotatable bonds is 2. The summed E-state index contributed by atoms with van der Waals surface area (Å²) < 4.78 is 0. The molecule has 0 atom stereocenters. The summed E-state index contributed by atoms with van der Waals surface area (Å²) in [6.07, 6.45) is 2.83. The van der Waals surface area contributed by atoms with E-state index >= 15 is 0 Å². The van der Waals surface area contributed by atoms with Crippen LogP contribution in [-0.2, 0) is 0 Å². The fourth-order valence-electron chi connectivity index (χ4n) is 1.76. The summed E-state index contributed by atoms with van der Waals surface area (Å²) in [5, 5.41) is 11.4. The molecule has 0 saturated carbocycles. The summed E-state index contributed by atoms with van der Waals surface area (Å²) in [6.45, 7) is 1.61. The number of aryl methyl sites for hydroxylation is 1. The summed E-state index contributed by atoms with van der Waals surface area (Å²) in [7, 11) is 0. The van der Waals surface area contributed by atoms with Crippen molar-refractivity contribution in [3.8, 4) is 11.8 Å². The zero-order valence-electron chi connectivity index (χ0n) is 11.4. The van der Waals surface area contributed by atoms with Crippen molar-refractivity contribution < 1.29 is 9.90 Å². The molecular weight excluding hydrogens is 268 g/mol. The lowest BCUT2D eigenvalue weighted by Gasteiger charge is -2.08. The van der Waals surface area contributed by atoms with Crippen molar-refractivity contribution in [2.45, 2.75) is 6.92 Å². The Labute approximate surface area is 121 Å². The van der Waals surface area contributed by atoms with Crippen molar-refractivity contribution >= 4 is 11.6 Å². The highest BCUT2D eigenvalue weighted by atomic mass is 16.2. The standard InChI is InChI=1S/C16H14N2O3/c1-11-4-5-12(3-2-8-19)9-14(11)18-16(21)13-10-17-7-6-15(13)20/h4-7,9-10,19H,8H2,1H3,(H,17,20)(H,18,21). The Balaban J connectivity index is 2.29. The molecule has 0 radical (unpaired) electrons. The molecule has 1 heterocycles. The molecule has 1 aromatic heterocycles. The summed E-state index contributed by atoms with van der Waals surface area (Å²) in [6, 6.07) is 6.60. The lowest BCUT2D eigenvalue weighted by molar-refractivity contribution is 0.102. The molecule has 0 aliphatic rings. The van der Waals surface area contributed by atoms with Crippen LogP contribution >= 0.6 is 0 Å². The Morgan fingerprint density at radius 1 is 1.38 bits per heavy atom. The Morgan fingerprint density at radius 2 is 2.19 bits per heavy atom. The van der Waals surface area contributed by atoms with E-state index < -0.39 is 5.91 Å². The van der Waals surface area contributed by atoms with Gasteiger partial charge >= 0.3 is 0 Å². The predicted molar refractivity (Wildman–Crippen MR) is 80.2 cm³/mol. The van der Waals surface area contributed by atoms with Crippen molar-refractivity contribution in [3.63, 3.8) is 0 Å². The monoisotopic (exact) mass is 282 g/mol. The molecule has 0 unspecified atom stereocenters. The maximum atomic E-state index is 12.1. The van der Waals surface area contributed by atoms with E-state index in [4.69, 9.17) is 5.11 Å². The second-order valence-corrected chi connectivity index (χ2v) is 4.37. The lowest BCUT2D eigenvalue weighted by Crippen LogP contribution is -2.21. The Bertz CT molecular complexity index is 782. The molecular formula is C16H14N2O3. The van der Waals surface area contributed by atoms with Gasteiger partial charge in [-0.2, -0.15) is 0 Å². The van der Waals surface area contributed by atoms with E-state index in [1.165, 1.54) is 18.5 Å². The molecule has 0 bridgehead atoms. The van der Waals surface area contributed by atoms with Crippen molar-refractivity contribution in [3.05, 3.63) is 63.6 Å². The Morgan fingerprint density at radius 3 is 2.90 bits per heavy atom. The van der Waals surface area contributed by atoms with Crippen LogP contribution < -0.4 is 10.7 Å². The molecule has 2 aromatic rings. The van der Waals surface area contributed by atoms with Crippen LogP contribution in [0.25, 0.3) is 0 Å². The van der Waals surface area contributed by atoms with E-state index in [1.807, 2.05) is 13.0 Å². The largest absolute Gasteiger partial charge is 0.384 e. The zero-order valence-corrected chi connectivity index (χ0v) is 11.4. The summed E-state index contributed by atoms with van der Waals surface area (Å²) in [5.41, 5.74) is 1.80. The number of aromatic nitrogens is 1. The number of carbonyl (C=O) groups is 1. The van der Waals surface area contributed by atoms with Crippen molar-refractivity contribution in [2.75, 3.05) is 11.9 Å². The van der Waals surface area contributed by atoms with E-state index in [0.29, 0.717) is 11.3 Å². The number of amides is 1. The number of aliphatic hydroxyl groups is 1. The fourth-order valence-corrected chi connectivity index (χ4v) is 1.76. The van der Waals surface area contributed by atoms with Crippen LogP contribution in [0.2, 0.25) is 0 Å². The average Bonchev–Trinajstić information content (AvgIpc) is 2.48. The number of hydrogen-bond donors (Lipinski definition) is 3. The van der Waals surface area contributed by atoms with Gasteiger partial charge in [-0.05, 0) is 24.6 Å². The topological polar surface area (TPSA) is 82.2 Å². The molecule has 0 saturated heterocycles. The van der Waals surface area contributed by atoms with Gasteiger partial charge in [0.25, 0.3) is 5.91 Å². The first kappa shape index (κ1) is 14.6. The van der Waals surface area contributed by atoms with E-state index in [1.54, 1.807) is 12.1 Å². The third-order valence-electron chi connectivity index (χ3n) is 2.87. The quantitative estimate of drug-likeness (QED) is 0.726. The molecule has 5 heteroatoms. The van der Waals surface area contributed by atoms with Gasteiger partial charge in [-0.15, -0.1) is 0 Å². The summed E-state index contributed by atoms with van der Waals surface area (Å²) >= 11 is 0. The number of H-pyrrole nitrogens is 1. The Kier molecular flexibility index (Phi) is 4.54. The van der Waals surface area contributed by atoms with Crippen LogP contribution in [0.4, 0.5) is 5.69 Å². The molecule has 1 aromatic carbocycles. The minimum absolute atomic E-state index is 0.0451. The van der Waals surface area contributed by atoms with Crippen LogP contribution in [0.1, 0.15) is 21.5 Å². The molecule has 0 aliphatic heterocycles. The first-order chi connectivity index (χ1) is 10.1. The molecule has 2 rings (SSSR count). The first-order valence-corrected chi connectivity index (χ1v) is 6.30. The third-order valence-corrected chi connectivity index (χ3v) is 2.87. The number of nitrogens with one attached hydrogen (secondary N) is 2. The number of carbonyl (C=O) groups excluding carboxylic acids is 1. The maximum Gasteiger partial charge on any atom is 0.261 e. The molecule has 5 nitrogen and oxygen atoms in total. The molecule has 21 heavy (non-hydrogen) atoms. The smallest absolute Gasteiger partial charge is 0.261 e. The van der Waals surface area contributed by atoms with Gasteiger partial charge in [0.1, 0.15) is 12.2 Å². The number of pyridine rings is 1. The molecule has 0 spiro atoms. The number of aliphatic hydroxyl groups excluding tert-OH is 1. The summed E-state index contributed by atoms with van der Waals surface area (Å²) in [4.78, 5) is 26.4. The zero-order chi connectivity index (χ0) is 15.2. The van der Waals surface area contributed by atoms with Crippen LogP contribution in [0.15, 0.2) is 41.5 Å². The van der Waals surface area contributed by atoms with Crippen LogP contribution in [0.3, 0.4) is 0 Å². The van der Waals surface area contributed by atoms with Crippen molar-refractivity contribution in [1.82, 2.24) is 4.98 Å². The van der Waals surface area contributed by atoms with E-state index in [9.17, 15) is 9.59 Å². The first-order valence-electron chi connectivity index (χ1n) is 6.30. The minimum atomic E-state index is -0.479. The molecule has 0 aliphatic carbocycles. The van der Waals surface area contributed by atoms with Gasteiger partial charge in [0.15, 0.2) is 5.43 Å². The van der Waals surface area contributed by atoms with E-state index in [0.717, 1.165) is 5.56 Å². The van der Waals surface area contributed by atoms with Gasteiger partial charge < -0.3 is 15.4 Å². The average molecular weight is 282 g/mol. The van der Waals surface area contributed by atoms with Gasteiger partial charge in [-0.3, -0.25) is 9.59 Å². The van der Waals surface area contributed by atoms with Gasteiger partial charge in [-0.25, -0.2) is 0 Å². The second-order valence-electron chi connectivity index (χ2n) is 4.37. The number of anilines is 1. The predicted octanol–water partition coefficient (Wildman–Crippen LogP) is 1.28. The highest BCUT2D eigenvalue weighted by molar-refractivity contribution is 6.04. The maximum absolute atomic E-state index is 12.1. The van der Waals surface area contributed by atoms with E-state index in [2.05, 4.69) is 22.1 Å². The fraction of sp³-hybridized carbons (Fsp3) is 0.125. The second kappa shape index (κ2) is 6.55. The number of aromatic amines is 1. The molecule has 0 fully saturated rings. The summed E-state index contributed by atoms with van der Waals surface area (Å²) in [5.74, 6) is 4.83. The van der Waals surface area contributed by atoms with Gasteiger partial charge in [-0.1, -0.05) is 17.9 Å². The molecule has 3 N–H and O–H groups in total. The van der Waals surface area contributed by atoms with Crippen LogP contribution in [0, 0.1) is 18.8 Å². The van der Waals surface area contributed by atoms with Crippen molar-refractivity contribution in [1.29, 1.82) is 0 Å². The highest BCUT2D eigenvalue weighted by Crippen LogP contribution is 2.17. The van der Waals surface area contributed by atoms with Crippen molar-refractivity contribution in [2.24, 2.45) is 0 Å². The number of hydrogen-bond acceptors (Lipinski definition) is 3. The highest BCUT2D eigenvalue weighted by Gasteiger charge is 2.11. The van der Waals surface area contributed by atoms with Gasteiger partial charge in [0.2, 0.25) is 0 Å². The SMILES string of the molecule is Cc1ccc(C#CCO)cc1NC(=O)c1c[nH]ccc1=O. The minimum Gasteiger partial charge on any atom is -0.384 e. The third kappa shape index (κ3) is 3.59. The molecule has 106 valence electrons. The molecule has 1 amide bonds. The van der Waals surface area contributed by atoms with Crippen LogP contribution in [0.5, 0.6) is 0 Å². The Hall–Kier alpha value is -2.84. The lowest BCUT2D eigenvalue weighted by atomic mass is 10.1. The van der Waals surface area contributed by atoms with Gasteiger partial charge in [0.05, 0.1) is 0 Å².